The Hall–Kier alpha value is -1.31. The molecule has 1 aliphatic rings. The van der Waals surface area contributed by atoms with Gasteiger partial charge in [0, 0.05) is 15.9 Å². The summed E-state index contributed by atoms with van der Waals surface area (Å²) in [7, 11) is 0. The number of halogens is 1. The van der Waals surface area contributed by atoms with Crippen LogP contribution in [-0.4, -0.2) is 24.7 Å². The van der Waals surface area contributed by atoms with Gasteiger partial charge in [0.1, 0.15) is 0 Å². The van der Waals surface area contributed by atoms with E-state index in [1.54, 1.807) is 0 Å². The predicted molar refractivity (Wildman–Crippen MR) is 96.3 cm³/mol. The first-order valence-corrected chi connectivity index (χ1v) is 9.00. The van der Waals surface area contributed by atoms with Gasteiger partial charge >= 0.3 is 5.97 Å². The van der Waals surface area contributed by atoms with Crippen LogP contribution in [0.2, 0.25) is 0 Å². The van der Waals surface area contributed by atoms with Crippen molar-refractivity contribution in [3.63, 3.8) is 0 Å². The summed E-state index contributed by atoms with van der Waals surface area (Å²) in [5.41, 5.74) is 0.287. The molecule has 2 rings (SSSR count). The van der Waals surface area contributed by atoms with Gasteiger partial charge in [0.2, 0.25) is 0 Å². The van der Waals surface area contributed by atoms with E-state index >= 15 is 0 Å². The molecule has 1 fully saturated rings. The molecule has 23 heavy (non-hydrogen) atoms. The van der Waals surface area contributed by atoms with Gasteiger partial charge in [0.15, 0.2) is 5.60 Å². The molecular weight excluding hydrogens is 354 g/mol. The lowest BCUT2D eigenvalue weighted by molar-refractivity contribution is -0.157. The Bertz CT molecular complexity index is 572. The fraction of sp³-hybridized carbons (Fsp3) is 0.526. The average molecular weight is 378 g/mol. The van der Waals surface area contributed by atoms with Crippen molar-refractivity contribution < 1.29 is 9.53 Å². The third kappa shape index (κ3) is 4.83. The van der Waals surface area contributed by atoms with Gasteiger partial charge in [0.05, 0.1) is 5.92 Å². The lowest BCUT2D eigenvalue weighted by Gasteiger charge is -2.32. The molecule has 1 aliphatic heterocycles. The molecule has 1 aromatic carbocycles. The minimum Gasteiger partial charge on any atom is -0.446 e. The fourth-order valence-corrected chi connectivity index (χ4v) is 3.43. The molecule has 0 saturated carbocycles. The molecule has 0 amide bonds. The highest BCUT2D eigenvalue weighted by Crippen LogP contribution is 2.33. The summed E-state index contributed by atoms with van der Waals surface area (Å²) in [6.07, 6.45) is 2.63. The van der Waals surface area contributed by atoms with Gasteiger partial charge in [-0.3, -0.25) is 4.79 Å². The molecule has 4 heteroatoms. The lowest BCUT2D eigenvalue weighted by Crippen LogP contribution is -2.38. The van der Waals surface area contributed by atoms with Crippen LogP contribution in [0.1, 0.15) is 44.6 Å². The van der Waals surface area contributed by atoms with Crippen molar-refractivity contribution in [3.05, 3.63) is 35.9 Å². The molecule has 1 aromatic rings. The Morgan fingerprint density at radius 1 is 1.39 bits per heavy atom. The van der Waals surface area contributed by atoms with E-state index in [1.807, 2.05) is 44.2 Å². The highest BCUT2D eigenvalue weighted by Gasteiger charge is 2.35. The number of hydrogen-bond acceptors (Lipinski definition) is 3. The molecule has 1 saturated heterocycles. The Balaban J connectivity index is 2.25. The normalized spacial score (nSPS) is 19.1. The Morgan fingerprint density at radius 2 is 2.04 bits per heavy atom. The SMILES string of the molecule is CCC(C)(C#CBr)OC(=O)C(c1ccccc1)C1CCNCC1. The molecule has 124 valence electrons. The first kappa shape index (κ1) is 18.0. The molecule has 2 atom stereocenters. The average Bonchev–Trinajstić information content (AvgIpc) is 2.57. The summed E-state index contributed by atoms with van der Waals surface area (Å²) in [6.45, 7) is 5.75. The molecule has 0 aromatic heterocycles. The summed E-state index contributed by atoms with van der Waals surface area (Å²) < 4.78 is 5.83. The zero-order valence-corrected chi connectivity index (χ0v) is 15.4. The van der Waals surface area contributed by atoms with Crippen LogP contribution in [0.15, 0.2) is 30.3 Å². The summed E-state index contributed by atoms with van der Waals surface area (Å²) in [6, 6.07) is 9.98. The number of carbonyl (C=O) groups is 1. The van der Waals surface area contributed by atoms with Gasteiger partial charge in [-0.2, -0.15) is 0 Å². The summed E-state index contributed by atoms with van der Waals surface area (Å²) in [4.78, 5) is 15.7. The van der Waals surface area contributed by atoms with Crippen LogP contribution in [0.4, 0.5) is 0 Å². The van der Waals surface area contributed by atoms with Crippen LogP contribution in [0.25, 0.3) is 0 Å². The number of hydrogen-bond donors (Lipinski definition) is 1. The van der Waals surface area contributed by atoms with E-state index in [0.717, 1.165) is 31.5 Å². The van der Waals surface area contributed by atoms with E-state index in [-0.39, 0.29) is 11.9 Å². The van der Waals surface area contributed by atoms with E-state index in [0.29, 0.717) is 12.3 Å². The van der Waals surface area contributed by atoms with Crippen molar-refractivity contribution >= 4 is 21.9 Å². The van der Waals surface area contributed by atoms with Crippen LogP contribution in [0.5, 0.6) is 0 Å². The summed E-state index contributed by atoms with van der Waals surface area (Å²) in [5.74, 6) is 2.88. The van der Waals surface area contributed by atoms with Crippen LogP contribution < -0.4 is 5.32 Å². The lowest BCUT2D eigenvalue weighted by atomic mass is 9.80. The minimum absolute atomic E-state index is 0.164. The zero-order chi connectivity index (χ0) is 16.7. The Kier molecular flexibility index (Phi) is 6.68. The highest BCUT2D eigenvalue weighted by molar-refractivity contribution is 9.12. The topological polar surface area (TPSA) is 38.3 Å². The first-order chi connectivity index (χ1) is 11.1. The smallest absolute Gasteiger partial charge is 0.315 e. The molecule has 0 radical (unpaired) electrons. The molecule has 2 unspecified atom stereocenters. The second kappa shape index (κ2) is 8.52. The molecule has 1 N–H and O–H groups in total. The van der Waals surface area contributed by atoms with E-state index in [9.17, 15) is 4.79 Å². The van der Waals surface area contributed by atoms with Crippen LogP contribution in [0, 0.1) is 16.7 Å². The molecule has 0 spiro atoms. The number of nitrogens with one attached hydrogen (secondary N) is 1. The third-order valence-corrected chi connectivity index (χ3v) is 4.78. The molecule has 1 heterocycles. The number of ether oxygens (including phenoxy) is 1. The first-order valence-electron chi connectivity index (χ1n) is 8.21. The van der Waals surface area contributed by atoms with Gasteiger partial charge in [-0.1, -0.05) is 37.3 Å². The van der Waals surface area contributed by atoms with Gasteiger partial charge in [-0.05, 0) is 61.5 Å². The quantitative estimate of drug-likeness (QED) is 0.625. The largest absolute Gasteiger partial charge is 0.446 e. The van der Waals surface area contributed by atoms with Gasteiger partial charge in [0.25, 0.3) is 0 Å². The van der Waals surface area contributed by atoms with Crippen LogP contribution >= 0.6 is 15.9 Å². The van der Waals surface area contributed by atoms with Crippen molar-refractivity contribution in [1.82, 2.24) is 5.32 Å². The van der Waals surface area contributed by atoms with Gasteiger partial charge < -0.3 is 10.1 Å². The summed E-state index contributed by atoms with van der Waals surface area (Å²) in [5, 5.41) is 3.36. The Morgan fingerprint density at radius 3 is 2.61 bits per heavy atom. The number of rotatable bonds is 5. The number of esters is 1. The number of piperidine rings is 1. The van der Waals surface area contributed by atoms with Gasteiger partial charge in [-0.15, -0.1) is 0 Å². The van der Waals surface area contributed by atoms with Crippen molar-refractivity contribution in [2.75, 3.05) is 13.1 Å². The molecular formula is C19H24BrNO2. The fourth-order valence-electron chi connectivity index (χ4n) is 3.01. The molecule has 0 bridgehead atoms. The monoisotopic (exact) mass is 377 g/mol. The van der Waals surface area contributed by atoms with Crippen molar-refractivity contribution in [2.24, 2.45) is 5.92 Å². The standard InChI is InChI=1S/C19H24BrNO2/c1-3-19(2,11-12-20)23-18(22)17(15-7-5-4-6-8-15)16-9-13-21-14-10-16/h4-8,16-17,21H,3,9-10,13-14H2,1-2H3. The number of benzene rings is 1. The second-order valence-electron chi connectivity index (χ2n) is 6.20. The van der Waals surface area contributed by atoms with E-state index in [4.69, 9.17) is 4.74 Å². The third-order valence-electron chi connectivity index (χ3n) is 4.58. The Labute approximate surface area is 147 Å². The van der Waals surface area contributed by atoms with Crippen molar-refractivity contribution in [1.29, 1.82) is 0 Å². The molecule has 3 nitrogen and oxygen atoms in total. The zero-order valence-electron chi connectivity index (χ0n) is 13.8. The van der Waals surface area contributed by atoms with E-state index in [1.165, 1.54) is 0 Å². The maximum absolute atomic E-state index is 13.0. The van der Waals surface area contributed by atoms with Crippen molar-refractivity contribution in [3.8, 4) is 10.8 Å². The second-order valence-corrected chi connectivity index (χ2v) is 6.60. The molecule has 0 aliphatic carbocycles. The maximum atomic E-state index is 13.0. The minimum atomic E-state index is -0.749. The summed E-state index contributed by atoms with van der Waals surface area (Å²) >= 11 is 3.11. The van der Waals surface area contributed by atoms with Gasteiger partial charge in [-0.25, -0.2) is 0 Å². The van der Waals surface area contributed by atoms with Crippen molar-refractivity contribution in [2.45, 2.75) is 44.6 Å². The van der Waals surface area contributed by atoms with E-state index in [2.05, 4.69) is 32.0 Å². The van der Waals surface area contributed by atoms with Crippen LogP contribution in [-0.2, 0) is 9.53 Å². The predicted octanol–water partition coefficient (Wildman–Crippen LogP) is 3.84. The highest BCUT2D eigenvalue weighted by atomic mass is 79.9. The van der Waals surface area contributed by atoms with E-state index < -0.39 is 5.60 Å². The number of carbonyl (C=O) groups excluding carboxylic acids is 1. The maximum Gasteiger partial charge on any atom is 0.315 e. The van der Waals surface area contributed by atoms with Crippen LogP contribution in [0.3, 0.4) is 0 Å².